The van der Waals surface area contributed by atoms with Gasteiger partial charge in [-0.15, -0.1) is 6.58 Å². The molecule has 2 aliphatic rings. The second-order valence-corrected chi connectivity index (χ2v) is 6.92. The van der Waals surface area contributed by atoms with Gasteiger partial charge in [-0.25, -0.2) is 0 Å². The Morgan fingerprint density at radius 2 is 2.20 bits per heavy atom. The van der Waals surface area contributed by atoms with Crippen molar-refractivity contribution in [3.8, 4) is 0 Å². The van der Waals surface area contributed by atoms with Gasteiger partial charge in [0.15, 0.2) is 0 Å². The van der Waals surface area contributed by atoms with Crippen molar-refractivity contribution in [2.75, 3.05) is 0 Å². The van der Waals surface area contributed by atoms with Crippen LogP contribution in [0.2, 0.25) is 0 Å². The summed E-state index contributed by atoms with van der Waals surface area (Å²) < 4.78 is 5.70. The molecule has 0 heterocycles. The molecule has 0 radical (unpaired) electrons. The smallest absolute Gasteiger partial charge is 0.310 e. The van der Waals surface area contributed by atoms with Crippen LogP contribution in [0.5, 0.6) is 0 Å². The highest BCUT2D eigenvalue weighted by molar-refractivity contribution is 5.78. The van der Waals surface area contributed by atoms with Crippen LogP contribution in [-0.2, 0) is 9.53 Å². The zero-order valence-electron chi connectivity index (χ0n) is 13.1. The predicted molar refractivity (Wildman–Crippen MR) is 82.2 cm³/mol. The molecule has 2 heteroatoms. The van der Waals surface area contributed by atoms with Gasteiger partial charge in [-0.1, -0.05) is 43.2 Å². The van der Waals surface area contributed by atoms with E-state index in [0.717, 1.165) is 19.3 Å². The van der Waals surface area contributed by atoms with E-state index in [2.05, 4.69) is 46.4 Å². The quantitative estimate of drug-likeness (QED) is 0.547. The van der Waals surface area contributed by atoms with Crippen molar-refractivity contribution in [2.24, 2.45) is 17.3 Å². The highest BCUT2D eigenvalue weighted by Crippen LogP contribution is 2.60. The van der Waals surface area contributed by atoms with Crippen LogP contribution in [0.3, 0.4) is 0 Å². The summed E-state index contributed by atoms with van der Waals surface area (Å²) in [6.45, 7) is 12.2. The molecular formula is C18H26O2. The van der Waals surface area contributed by atoms with Gasteiger partial charge in [-0.2, -0.15) is 0 Å². The van der Waals surface area contributed by atoms with Gasteiger partial charge >= 0.3 is 5.97 Å². The maximum absolute atomic E-state index is 12.3. The highest BCUT2D eigenvalue weighted by Gasteiger charge is 2.61. The first-order valence-corrected chi connectivity index (χ1v) is 7.50. The van der Waals surface area contributed by atoms with Gasteiger partial charge in [0.1, 0.15) is 6.10 Å². The Labute approximate surface area is 122 Å². The van der Waals surface area contributed by atoms with Crippen molar-refractivity contribution in [3.05, 3.63) is 36.0 Å². The summed E-state index contributed by atoms with van der Waals surface area (Å²) in [7, 11) is 0. The van der Waals surface area contributed by atoms with E-state index < -0.39 is 0 Å². The zero-order valence-corrected chi connectivity index (χ0v) is 13.1. The van der Waals surface area contributed by atoms with Crippen molar-refractivity contribution in [1.82, 2.24) is 0 Å². The maximum atomic E-state index is 12.3. The van der Waals surface area contributed by atoms with E-state index in [-0.39, 0.29) is 23.4 Å². The normalized spacial score (nSPS) is 30.4. The summed E-state index contributed by atoms with van der Waals surface area (Å²) in [6, 6.07) is 0. The molecule has 0 aromatic carbocycles. The average molecular weight is 274 g/mol. The molecule has 0 spiro atoms. The van der Waals surface area contributed by atoms with E-state index in [0.29, 0.717) is 5.92 Å². The number of allylic oxidation sites excluding steroid dienone is 3. The fraction of sp³-hybridized carbons (Fsp3) is 0.611. The van der Waals surface area contributed by atoms with E-state index in [1.54, 1.807) is 0 Å². The van der Waals surface area contributed by atoms with Gasteiger partial charge in [0.05, 0.1) is 5.92 Å². The number of carbonyl (C=O) groups is 1. The van der Waals surface area contributed by atoms with E-state index in [1.165, 1.54) is 11.1 Å². The van der Waals surface area contributed by atoms with E-state index in [1.807, 2.05) is 6.08 Å². The van der Waals surface area contributed by atoms with Crippen LogP contribution in [0.1, 0.15) is 47.0 Å². The Morgan fingerprint density at radius 3 is 2.80 bits per heavy atom. The molecule has 1 unspecified atom stereocenters. The maximum Gasteiger partial charge on any atom is 0.310 e. The Balaban J connectivity index is 1.88. The van der Waals surface area contributed by atoms with Crippen LogP contribution in [0.25, 0.3) is 0 Å². The lowest BCUT2D eigenvalue weighted by Gasteiger charge is -2.13. The second kappa shape index (κ2) is 5.59. The third-order valence-electron chi connectivity index (χ3n) is 4.53. The largest absolute Gasteiger partial charge is 0.461 e. The van der Waals surface area contributed by atoms with Crippen molar-refractivity contribution >= 4 is 5.97 Å². The average Bonchev–Trinajstić information content (AvgIpc) is 2.70. The molecule has 0 aliphatic heterocycles. The second-order valence-electron chi connectivity index (χ2n) is 6.92. The summed E-state index contributed by atoms with van der Waals surface area (Å²) in [6.07, 6.45) is 8.98. The third kappa shape index (κ3) is 3.05. The Hall–Kier alpha value is -1.31. The lowest BCUT2D eigenvalue weighted by molar-refractivity contribution is -0.151. The molecule has 1 saturated carbocycles. The zero-order chi connectivity index (χ0) is 14.9. The van der Waals surface area contributed by atoms with Crippen LogP contribution in [0.15, 0.2) is 36.0 Å². The van der Waals surface area contributed by atoms with Gasteiger partial charge in [-0.05, 0) is 31.6 Å². The SMILES string of the molecule is C=CCC1=CCC(OC(=O)[C@@H]2[C@H](C=C(C)C)C2(C)C)C1. The Morgan fingerprint density at radius 1 is 1.50 bits per heavy atom. The first-order chi connectivity index (χ1) is 9.36. The Kier molecular flexibility index (Phi) is 4.22. The molecular weight excluding hydrogens is 248 g/mol. The first-order valence-electron chi connectivity index (χ1n) is 7.50. The van der Waals surface area contributed by atoms with Crippen LogP contribution in [-0.4, -0.2) is 12.1 Å². The van der Waals surface area contributed by atoms with Crippen molar-refractivity contribution in [3.63, 3.8) is 0 Å². The lowest BCUT2D eigenvalue weighted by Crippen LogP contribution is -2.18. The molecule has 0 bridgehead atoms. The van der Waals surface area contributed by atoms with Gasteiger partial charge in [-0.3, -0.25) is 4.79 Å². The Bertz CT molecular complexity index is 464. The van der Waals surface area contributed by atoms with Gasteiger partial charge in [0.25, 0.3) is 0 Å². The highest BCUT2D eigenvalue weighted by atomic mass is 16.5. The number of hydrogen-bond donors (Lipinski definition) is 0. The number of hydrogen-bond acceptors (Lipinski definition) is 2. The summed E-state index contributed by atoms with van der Waals surface area (Å²) >= 11 is 0. The summed E-state index contributed by atoms with van der Waals surface area (Å²) in [5.41, 5.74) is 2.66. The summed E-state index contributed by atoms with van der Waals surface area (Å²) in [5.74, 6) is 0.346. The molecule has 2 aliphatic carbocycles. The fourth-order valence-corrected chi connectivity index (χ4v) is 3.23. The molecule has 3 atom stereocenters. The molecule has 2 rings (SSSR count). The number of esters is 1. The van der Waals surface area contributed by atoms with E-state index >= 15 is 0 Å². The number of ether oxygens (including phenoxy) is 1. The first kappa shape index (κ1) is 15.1. The van der Waals surface area contributed by atoms with Crippen molar-refractivity contribution < 1.29 is 9.53 Å². The molecule has 0 amide bonds. The fourth-order valence-electron chi connectivity index (χ4n) is 3.23. The topological polar surface area (TPSA) is 26.3 Å². The van der Waals surface area contributed by atoms with Gasteiger partial charge in [0.2, 0.25) is 0 Å². The van der Waals surface area contributed by atoms with E-state index in [9.17, 15) is 4.79 Å². The third-order valence-corrected chi connectivity index (χ3v) is 4.53. The predicted octanol–water partition coefficient (Wildman–Crippen LogP) is 4.43. The molecule has 110 valence electrons. The monoisotopic (exact) mass is 274 g/mol. The van der Waals surface area contributed by atoms with Crippen LogP contribution < -0.4 is 0 Å². The number of rotatable bonds is 5. The lowest BCUT2D eigenvalue weighted by atomic mass is 10.1. The molecule has 0 aromatic rings. The van der Waals surface area contributed by atoms with Crippen LogP contribution in [0.4, 0.5) is 0 Å². The molecule has 20 heavy (non-hydrogen) atoms. The van der Waals surface area contributed by atoms with Crippen molar-refractivity contribution in [1.29, 1.82) is 0 Å². The summed E-state index contributed by atoms with van der Waals surface area (Å²) in [5, 5.41) is 0. The molecule has 0 N–H and O–H groups in total. The standard InChI is InChI=1S/C18H26O2/c1-6-7-13-8-9-14(11-13)20-17(19)16-15(10-12(2)3)18(16,4)5/h6,8,10,14-16H,1,7,9,11H2,2-5H3/t14?,15-,16-/m0/s1. The minimum atomic E-state index is -0.0178. The minimum absolute atomic E-state index is 0.0178. The molecule has 2 nitrogen and oxygen atoms in total. The van der Waals surface area contributed by atoms with Crippen LogP contribution in [0, 0.1) is 17.3 Å². The van der Waals surface area contributed by atoms with E-state index in [4.69, 9.17) is 4.74 Å². The molecule has 0 saturated heterocycles. The molecule has 1 fully saturated rings. The van der Waals surface area contributed by atoms with Crippen molar-refractivity contribution in [2.45, 2.75) is 53.1 Å². The van der Waals surface area contributed by atoms with Gasteiger partial charge in [0, 0.05) is 12.8 Å². The molecule has 0 aromatic heterocycles. The number of carbonyl (C=O) groups excluding carboxylic acids is 1. The van der Waals surface area contributed by atoms with Crippen LogP contribution >= 0.6 is 0 Å². The van der Waals surface area contributed by atoms with Gasteiger partial charge < -0.3 is 4.74 Å². The summed E-state index contributed by atoms with van der Waals surface area (Å²) in [4.78, 5) is 12.3. The minimum Gasteiger partial charge on any atom is -0.461 e.